The van der Waals surface area contributed by atoms with E-state index in [1.54, 1.807) is 0 Å². The van der Waals surface area contributed by atoms with Crippen LogP contribution in [0.2, 0.25) is 0 Å². The number of rotatable bonds is 13. The van der Waals surface area contributed by atoms with E-state index in [0.717, 1.165) is 101 Å². The molecule has 4 aliphatic carbocycles. The van der Waals surface area contributed by atoms with Crippen molar-refractivity contribution in [2.75, 3.05) is 19.6 Å². The summed E-state index contributed by atoms with van der Waals surface area (Å²) in [6.45, 7) is 0. The van der Waals surface area contributed by atoms with Gasteiger partial charge in [0, 0.05) is 102 Å². The highest BCUT2D eigenvalue weighted by Crippen LogP contribution is 2.70. The predicted molar refractivity (Wildman–Crippen MR) is 514 cm³/mol. The molecule has 4 aliphatic rings. The molecule has 26 rings (SSSR count). The SMILES string of the molecule is c1ccc(N(c2ccccc2)c2ccc3c(c2)C2(c4ccccc4-c4ccc(N(c5ccccc5)c5cccc6c5oc5cccc(-c7cccc(N(c8ccccc8)c8ccc9c(c8)C8(c%10ccccc%10-c%10ccc(N(c%11ccccc%11)c%11cccc%12c%11sc%11ccccc%11%12)cc%108)c8c-9sc9ccccc89)c7)c56)cc42)c2c-3sc3ccccc23)cc1. The van der Waals surface area contributed by atoms with Crippen LogP contribution >= 0.6 is 34.0 Å². The van der Waals surface area contributed by atoms with Crippen molar-refractivity contribution >= 4 is 165 Å². The maximum atomic E-state index is 7.48. The lowest BCUT2D eigenvalue weighted by molar-refractivity contribution is 0.669. The van der Waals surface area contributed by atoms with Gasteiger partial charge in [0.05, 0.1) is 26.9 Å². The molecular formula is C114H70N4OS3. The van der Waals surface area contributed by atoms with E-state index in [1.807, 2.05) is 34.0 Å². The lowest BCUT2D eigenvalue weighted by Crippen LogP contribution is -2.26. The Hall–Kier alpha value is -14.9. The predicted octanol–water partition coefficient (Wildman–Crippen LogP) is 32.6. The monoisotopic (exact) mass is 1610 g/mol. The van der Waals surface area contributed by atoms with Gasteiger partial charge in [0.2, 0.25) is 0 Å². The van der Waals surface area contributed by atoms with E-state index in [4.69, 9.17) is 4.42 Å². The summed E-state index contributed by atoms with van der Waals surface area (Å²) < 4.78 is 12.6. The van der Waals surface area contributed by atoms with Crippen LogP contribution in [-0.4, -0.2) is 0 Å². The lowest BCUT2D eigenvalue weighted by Gasteiger charge is -2.33. The van der Waals surface area contributed by atoms with Crippen LogP contribution in [-0.2, 0) is 10.8 Å². The molecule has 0 radical (unpaired) electrons. The third kappa shape index (κ3) is 9.85. The maximum absolute atomic E-state index is 7.48. The molecule has 4 heterocycles. The molecular weight excluding hydrogens is 1540 g/mol. The first-order valence-electron chi connectivity index (χ1n) is 41.8. The van der Waals surface area contributed by atoms with Gasteiger partial charge in [0.15, 0.2) is 5.58 Å². The molecule has 0 aliphatic heterocycles. The van der Waals surface area contributed by atoms with Gasteiger partial charge in [-0.3, -0.25) is 0 Å². The van der Waals surface area contributed by atoms with Gasteiger partial charge in [-0.25, -0.2) is 0 Å². The zero-order valence-electron chi connectivity index (χ0n) is 65.8. The maximum Gasteiger partial charge on any atom is 0.159 e. The second kappa shape index (κ2) is 26.8. The summed E-state index contributed by atoms with van der Waals surface area (Å²) in [6.07, 6.45) is 0. The second-order valence-corrected chi connectivity index (χ2v) is 35.5. The highest BCUT2D eigenvalue weighted by atomic mass is 32.1. The average molecular weight is 1610 g/mol. The Morgan fingerprint density at radius 2 is 0.557 bits per heavy atom. The summed E-state index contributed by atoms with van der Waals surface area (Å²) in [7, 11) is 0. The molecule has 8 heteroatoms. The first-order chi connectivity index (χ1) is 60.5. The molecule has 0 saturated heterocycles. The van der Waals surface area contributed by atoms with Crippen molar-refractivity contribution in [1.29, 1.82) is 0 Å². The van der Waals surface area contributed by atoms with Crippen LogP contribution in [0.4, 0.5) is 68.2 Å². The molecule has 5 nitrogen and oxygen atoms in total. The fourth-order valence-electron chi connectivity index (χ4n) is 21.4. The number of furan rings is 1. The fraction of sp³-hybridized carbons (Fsp3) is 0.0175. The first-order valence-corrected chi connectivity index (χ1v) is 44.2. The second-order valence-electron chi connectivity index (χ2n) is 32.4. The van der Waals surface area contributed by atoms with Gasteiger partial charge in [-0.1, -0.05) is 267 Å². The Balaban J connectivity index is 0.630. The van der Waals surface area contributed by atoms with Crippen LogP contribution in [0.3, 0.4) is 0 Å². The Morgan fingerprint density at radius 1 is 0.213 bits per heavy atom. The van der Waals surface area contributed by atoms with E-state index < -0.39 is 10.8 Å². The van der Waals surface area contributed by atoms with E-state index in [-0.39, 0.29) is 0 Å². The van der Waals surface area contributed by atoms with E-state index in [9.17, 15) is 0 Å². The molecule has 2 atom stereocenters. The largest absolute Gasteiger partial charge is 0.454 e. The normalized spacial score (nSPS) is 14.8. The molecule has 0 amide bonds. The van der Waals surface area contributed by atoms with Gasteiger partial charge in [-0.05, 0) is 258 Å². The molecule has 0 saturated carbocycles. The number of hydrogen-bond acceptors (Lipinski definition) is 8. The third-order valence-corrected chi connectivity index (χ3v) is 29.8. The number of thiophene rings is 3. The van der Waals surface area contributed by atoms with Gasteiger partial charge < -0.3 is 24.0 Å². The molecule has 570 valence electrons. The van der Waals surface area contributed by atoms with E-state index in [2.05, 4.69) is 444 Å². The van der Waals surface area contributed by atoms with Crippen molar-refractivity contribution in [3.63, 3.8) is 0 Å². The zero-order chi connectivity index (χ0) is 79.9. The minimum absolute atomic E-state index is 0.691. The van der Waals surface area contributed by atoms with Gasteiger partial charge in [0.1, 0.15) is 5.58 Å². The number of fused-ring (bicyclic) bond motifs is 30. The third-order valence-electron chi connectivity index (χ3n) is 26.2. The summed E-state index contributed by atoms with van der Waals surface area (Å²) in [4.78, 5) is 12.5. The quantitative estimate of drug-likeness (QED) is 0.115. The zero-order valence-corrected chi connectivity index (χ0v) is 68.3. The number of hydrogen-bond donors (Lipinski definition) is 0. The van der Waals surface area contributed by atoms with Crippen molar-refractivity contribution < 1.29 is 4.42 Å². The van der Waals surface area contributed by atoms with Crippen LogP contribution in [0, 0.1) is 0 Å². The van der Waals surface area contributed by atoms with Crippen molar-refractivity contribution in [2.24, 2.45) is 0 Å². The number of para-hydroxylation sites is 6. The van der Waals surface area contributed by atoms with Crippen LogP contribution in [0.25, 0.3) is 117 Å². The number of nitrogens with zero attached hydrogens (tertiary/aromatic N) is 4. The topological polar surface area (TPSA) is 26.1 Å². The summed E-state index contributed by atoms with van der Waals surface area (Å²) in [5.74, 6) is 0. The fourth-order valence-corrected chi connectivity index (χ4v) is 25.2. The highest BCUT2D eigenvalue weighted by molar-refractivity contribution is 7.26. The smallest absolute Gasteiger partial charge is 0.159 e. The van der Waals surface area contributed by atoms with Crippen molar-refractivity contribution in [2.45, 2.75) is 10.8 Å². The molecule has 2 spiro atoms. The van der Waals surface area contributed by atoms with E-state index in [1.165, 1.54) is 128 Å². The van der Waals surface area contributed by atoms with Crippen LogP contribution in [0.15, 0.2) is 429 Å². The van der Waals surface area contributed by atoms with Gasteiger partial charge in [0.25, 0.3) is 0 Å². The van der Waals surface area contributed by atoms with Gasteiger partial charge in [-0.15, -0.1) is 34.0 Å². The molecule has 0 bridgehead atoms. The molecule has 2 unspecified atom stereocenters. The standard InChI is InChI=1S/C114H70N4OS3/c1-6-31-72(32-7-1)115(73-33-8-2-9-34-73)78-60-64-89-98(67-78)113(107-91-45-19-24-56-104(91)121-111(89)107)94-50-21-16-42-83(94)85-62-58-80(69-96(85)113)117(75-37-12-4-13-38-75)100-52-28-49-93-106-82(47-29-54-102(106)119-109(93)100)71-30-26-41-77(66-71)116(74-35-10-3-11-36-74)79-61-65-90-99(68-79)114(108-92-46-20-25-57-105(92)122-112(90)108)95-51-22-17-43-84(95)86-63-59-81(70-97(86)114)118(76-39-14-5-15-40-76)101-53-27-48-88-87-44-18-23-55-103(87)120-110(88)101/h1-70H. The summed E-state index contributed by atoms with van der Waals surface area (Å²) in [5, 5.41) is 7.21. The van der Waals surface area contributed by atoms with Gasteiger partial charge in [-0.2, -0.15) is 0 Å². The Kier molecular flexibility index (Phi) is 15.2. The molecule has 18 aromatic carbocycles. The van der Waals surface area contributed by atoms with E-state index >= 15 is 0 Å². The van der Waals surface area contributed by atoms with Crippen molar-refractivity contribution in [3.05, 3.63) is 469 Å². The number of benzene rings is 18. The minimum atomic E-state index is -0.703. The summed E-state index contributed by atoms with van der Waals surface area (Å²) in [5.41, 5.74) is 33.1. The van der Waals surface area contributed by atoms with Gasteiger partial charge >= 0.3 is 0 Å². The number of anilines is 12. The van der Waals surface area contributed by atoms with E-state index in [0.29, 0.717) is 0 Å². The first kappa shape index (κ1) is 69.1. The summed E-state index contributed by atoms with van der Waals surface area (Å²) >= 11 is 5.71. The van der Waals surface area contributed by atoms with Crippen molar-refractivity contribution in [1.82, 2.24) is 0 Å². The summed E-state index contributed by atoms with van der Waals surface area (Å²) in [6, 6.07) is 158. The van der Waals surface area contributed by atoms with Crippen LogP contribution in [0.5, 0.6) is 0 Å². The van der Waals surface area contributed by atoms with Crippen LogP contribution in [0.1, 0.15) is 44.5 Å². The Morgan fingerprint density at radius 3 is 1.07 bits per heavy atom. The van der Waals surface area contributed by atoms with Crippen LogP contribution < -0.4 is 19.6 Å². The van der Waals surface area contributed by atoms with Crippen molar-refractivity contribution in [3.8, 4) is 54.3 Å². The lowest BCUT2D eigenvalue weighted by atomic mass is 9.70. The molecule has 4 aromatic heterocycles. The molecule has 0 N–H and O–H groups in total. The minimum Gasteiger partial charge on any atom is -0.454 e. The molecule has 22 aromatic rings. The molecule has 122 heavy (non-hydrogen) atoms. The highest BCUT2D eigenvalue weighted by Gasteiger charge is 2.56. The Bertz CT molecular complexity index is 8030. The molecule has 0 fully saturated rings. The average Bonchev–Trinajstić information content (AvgIpc) is 1.50. The Labute approximate surface area is 717 Å².